The smallest absolute Gasteiger partial charge is 0.338 e. The predicted octanol–water partition coefficient (Wildman–Crippen LogP) is 3.79. The Kier molecular flexibility index (Phi) is 8.87. The Morgan fingerprint density at radius 2 is 1.94 bits per heavy atom. The van der Waals surface area contributed by atoms with E-state index < -0.39 is 12.0 Å². The lowest BCUT2D eigenvalue weighted by Crippen LogP contribution is -2.42. The number of amides is 1. The van der Waals surface area contributed by atoms with Crippen molar-refractivity contribution in [3.63, 3.8) is 0 Å². The maximum absolute atomic E-state index is 13.0. The van der Waals surface area contributed by atoms with E-state index >= 15 is 0 Å². The van der Waals surface area contributed by atoms with Gasteiger partial charge in [0.05, 0.1) is 44.1 Å². The lowest BCUT2D eigenvalue weighted by molar-refractivity contribution is -0.136. The summed E-state index contributed by atoms with van der Waals surface area (Å²) < 4.78 is 10.6. The molecule has 1 aromatic rings. The molecule has 1 N–H and O–H groups in total. The molecular formula is C27H36N4O4S. The number of hydrogen-bond acceptors (Lipinski definition) is 8. The number of ether oxygens (including phenoxy) is 2. The standard InChI is InChI=1S/C27H36N4O4S/c1-5-22-24(26(33)34-4)25(20-8-6-19(7-9-20)18(2)3)31-21(17-36-27(31)29-22)16-23(32)28-10-11-30-12-14-35-15-13-30/h6-9,17-18,25H,5,10-16H2,1-4H3,(H,28,32)/t25-/m1/s1. The molecule has 0 aliphatic carbocycles. The fraction of sp³-hybridized carbons (Fsp3) is 0.519. The normalized spacial score (nSPS) is 20.2. The van der Waals surface area contributed by atoms with Crippen LogP contribution in [0.25, 0.3) is 0 Å². The highest BCUT2D eigenvalue weighted by Crippen LogP contribution is 2.45. The van der Waals surface area contributed by atoms with Crippen LogP contribution in [0.15, 0.2) is 51.6 Å². The second-order valence-corrected chi connectivity index (χ2v) is 10.2. The van der Waals surface area contributed by atoms with Gasteiger partial charge in [-0.2, -0.15) is 0 Å². The van der Waals surface area contributed by atoms with Gasteiger partial charge in [-0.1, -0.05) is 56.8 Å². The Labute approximate surface area is 217 Å². The van der Waals surface area contributed by atoms with Crippen LogP contribution in [0, 0.1) is 0 Å². The molecule has 1 aromatic carbocycles. The molecule has 0 aromatic heterocycles. The highest BCUT2D eigenvalue weighted by Gasteiger charge is 2.41. The summed E-state index contributed by atoms with van der Waals surface area (Å²) in [6, 6.07) is 7.96. The monoisotopic (exact) mass is 512 g/mol. The number of nitrogens with zero attached hydrogens (tertiary/aromatic N) is 3. The lowest BCUT2D eigenvalue weighted by Gasteiger charge is -2.36. The van der Waals surface area contributed by atoms with Gasteiger partial charge < -0.3 is 19.7 Å². The molecule has 9 heteroatoms. The molecule has 1 saturated heterocycles. The fourth-order valence-corrected chi connectivity index (χ4v) is 5.63. The van der Waals surface area contributed by atoms with Crippen molar-refractivity contribution < 1.29 is 19.1 Å². The largest absolute Gasteiger partial charge is 0.466 e. The topological polar surface area (TPSA) is 83.5 Å². The van der Waals surface area contributed by atoms with Gasteiger partial charge in [-0.3, -0.25) is 9.69 Å². The average molecular weight is 513 g/mol. The number of aliphatic imine (C=N–C) groups is 1. The summed E-state index contributed by atoms with van der Waals surface area (Å²) in [4.78, 5) is 35.0. The number of benzene rings is 1. The zero-order valence-electron chi connectivity index (χ0n) is 21.6. The molecule has 0 spiro atoms. The third-order valence-electron chi connectivity index (χ3n) is 6.74. The van der Waals surface area contributed by atoms with Crippen molar-refractivity contribution in [1.29, 1.82) is 0 Å². The Morgan fingerprint density at radius 1 is 1.22 bits per heavy atom. The summed E-state index contributed by atoms with van der Waals surface area (Å²) in [5, 5.41) is 5.81. The molecule has 3 aliphatic heterocycles. The number of carbonyl (C=O) groups is 2. The number of amidine groups is 1. The summed E-state index contributed by atoms with van der Waals surface area (Å²) >= 11 is 1.50. The number of rotatable bonds is 9. The van der Waals surface area contributed by atoms with Crippen molar-refractivity contribution in [2.24, 2.45) is 4.99 Å². The molecule has 1 atom stereocenters. The second-order valence-electron chi connectivity index (χ2n) is 9.40. The van der Waals surface area contributed by atoms with Crippen molar-refractivity contribution in [3.8, 4) is 0 Å². The zero-order chi connectivity index (χ0) is 25.7. The van der Waals surface area contributed by atoms with E-state index in [1.165, 1.54) is 24.4 Å². The van der Waals surface area contributed by atoms with Gasteiger partial charge in [0, 0.05) is 31.9 Å². The van der Waals surface area contributed by atoms with E-state index in [2.05, 4.69) is 48.3 Å². The third kappa shape index (κ3) is 5.85. The summed E-state index contributed by atoms with van der Waals surface area (Å²) in [5.41, 5.74) is 4.29. The molecule has 3 aliphatic rings. The predicted molar refractivity (Wildman–Crippen MR) is 142 cm³/mol. The molecule has 1 amide bonds. The average Bonchev–Trinajstić information content (AvgIpc) is 3.29. The summed E-state index contributed by atoms with van der Waals surface area (Å²) in [5.74, 6) is -0.0303. The van der Waals surface area contributed by atoms with Gasteiger partial charge >= 0.3 is 5.97 Å². The van der Waals surface area contributed by atoms with E-state index in [1.807, 2.05) is 17.2 Å². The van der Waals surface area contributed by atoms with Crippen LogP contribution in [0.3, 0.4) is 0 Å². The molecule has 194 valence electrons. The molecule has 0 saturated carbocycles. The number of methoxy groups -OCH3 is 1. The number of thioether (sulfide) groups is 1. The van der Waals surface area contributed by atoms with Gasteiger partial charge in [-0.15, -0.1) is 0 Å². The molecule has 36 heavy (non-hydrogen) atoms. The molecule has 8 nitrogen and oxygen atoms in total. The van der Waals surface area contributed by atoms with Crippen LogP contribution in [-0.4, -0.2) is 73.3 Å². The van der Waals surface area contributed by atoms with Crippen LogP contribution >= 0.6 is 11.8 Å². The number of allylic oxidation sites excluding steroid dienone is 1. The van der Waals surface area contributed by atoms with Gasteiger partial charge in [0.25, 0.3) is 0 Å². The van der Waals surface area contributed by atoms with Crippen LogP contribution < -0.4 is 5.32 Å². The quantitative estimate of drug-likeness (QED) is 0.504. The van der Waals surface area contributed by atoms with Crippen LogP contribution in [-0.2, 0) is 19.1 Å². The first-order valence-corrected chi connectivity index (χ1v) is 13.5. The van der Waals surface area contributed by atoms with Crippen molar-refractivity contribution in [2.45, 2.75) is 45.6 Å². The number of carbonyl (C=O) groups excluding carboxylic acids is 2. The molecule has 0 bridgehead atoms. The first-order valence-electron chi connectivity index (χ1n) is 12.6. The third-order valence-corrected chi connectivity index (χ3v) is 7.63. The first-order chi connectivity index (χ1) is 17.4. The van der Waals surface area contributed by atoms with Gasteiger partial charge in [0.2, 0.25) is 5.91 Å². The summed E-state index contributed by atoms with van der Waals surface area (Å²) in [6.45, 7) is 11.0. The molecule has 3 heterocycles. The highest BCUT2D eigenvalue weighted by molar-refractivity contribution is 8.16. The van der Waals surface area contributed by atoms with E-state index in [0.29, 0.717) is 24.5 Å². The van der Waals surface area contributed by atoms with E-state index in [9.17, 15) is 9.59 Å². The van der Waals surface area contributed by atoms with Crippen LogP contribution in [0.4, 0.5) is 0 Å². The van der Waals surface area contributed by atoms with E-state index in [0.717, 1.165) is 55.0 Å². The van der Waals surface area contributed by atoms with Crippen LogP contribution in [0.5, 0.6) is 0 Å². The van der Waals surface area contributed by atoms with Crippen LogP contribution in [0.1, 0.15) is 56.7 Å². The van der Waals surface area contributed by atoms with E-state index in [-0.39, 0.29) is 12.3 Å². The van der Waals surface area contributed by atoms with Gasteiger partial charge in [0.1, 0.15) is 0 Å². The summed E-state index contributed by atoms with van der Waals surface area (Å²) in [7, 11) is 1.40. The number of hydrogen-bond donors (Lipinski definition) is 1. The fourth-order valence-electron chi connectivity index (χ4n) is 4.70. The van der Waals surface area contributed by atoms with Crippen molar-refractivity contribution in [3.05, 3.63) is 57.8 Å². The first kappa shape index (κ1) is 26.4. The second kappa shape index (κ2) is 12.1. The van der Waals surface area contributed by atoms with Crippen molar-refractivity contribution >= 4 is 28.8 Å². The maximum atomic E-state index is 13.0. The highest BCUT2D eigenvalue weighted by atomic mass is 32.2. The Bertz CT molecular complexity index is 1060. The number of esters is 1. The van der Waals surface area contributed by atoms with Crippen molar-refractivity contribution in [1.82, 2.24) is 15.1 Å². The molecule has 0 radical (unpaired) electrons. The minimum absolute atomic E-state index is 0.0462. The minimum Gasteiger partial charge on any atom is -0.466 e. The molecule has 0 unspecified atom stereocenters. The zero-order valence-corrected chi connectivity index (χ0v) is 22.4. The van der Waals surface area contributed by atoms with Crippen LogP contribution in [0.2, 0.25) is 0 Å². The van der Waals surface area contributed by atoms with Crippen molar-refractivity contribution in [2.75, 3.05) is 46.5 Å². The number of nitrogens with one attached hydrogen (secondary N) is 1. The van der Waals surface area contributed by atoms with E-state index in [4.69, 9.17) is 14.5 Å². The molecule has 1 fully saturated rings. The SMILES string of the molecule is CCC1=C(C(=O)OC)[C@@H](c2ccc(C(C)C)cc2)N2C(CC(=O)NCCN3CCOCC3)=CSC2=N1. The Hall–Kier alpha value is -2.62. The minimum atomic E-state index is -0.400. The number of morpholine rings is 1. The number of fused-ring (bicyclic) bond motifs is 1. The Balaban J connectivity index is 1.55. The summed E-state index contributed by atoms with van der Waals surface area (Å²) in [6.07, 6.45) is 0.825. The van der Waals surface area contributed by atoms with Gasteiger partial charge in [0.15, 0.2) is 5.17 Å². The Morgan fingerprint density at radius 3 is 2.58 bits per heavy atom. The van der Waals surface area contributed by atoms with E-state index in [1.54, 1.807) is 0 Å². The lowest BCUT2D eigenvalue weighted by atomic mass is 9.91. The van der Waals surface area contributed by atoms with Gasteiger partial charge in [-0.25, -0.2) is 9.79 Å². The molecule has 4 rings (SSSR count). The van der Waals surface area contributed by atoms with Gasteiger partial charge in [-0.05, 0) is 28.9 Å². The molecular weight excluding hydrogens is 476 g/mol. The maximum Gasteiger partial charge on any atom is 0.338 e.